The Balaban J connectivity index is 1.84. The molecule has 0 aliphatic heterocycles. The maximum atomic E-state index is 12.2. The van der Waals surface area contributed by atoms with Crippen molar-refractivity contribution in [2.45, 2.75) is 0 Å². The third-order valence-electron chi connectivity index (χ3n) is 3.06. The standard InChI is InChI=1S/C15H11N3O3/c19-14(12-9-16-18-8-2-1-3-13(12)18)17-11-6-4-10(5-7-11)15(20)21/h1-9H,(H,17,19)(H,20,21). The molecule has 0 spiro atoms. The second-order valence-electron chi connectivity index (χ2n) is 4.43. The van der Waals surface area contributed by atoms with Crippen LogP contribution in [0.15, 0.2) is 54.9 Å². The molecular weight excluding hydrogens is 270 g/mol. The molecular formula is C15H11N3O3. The van der Waals surface area contributed by atoms with Crippen molar-refractivity contribution in [2.24, 2.45) is 0 Å². The van der Waals surface area contributed by atoms with Gasteiger partial charge in [0, 0.05) is 11.9 Å². The lowest BCUT2D eigenvalue weighted by Crippen LogP contribution is -2.11. The van der Waals surface area contributed by atoms with Gasteiger partial charge in [-0.3, -0.25) is 4.79 Å². The summed E-state index contributed by atoms with van der Waals surface area (Å²) in [6.45, 7) is 0. The number of carbonyl (C=O) groups excluding carboxylic acids is 1. The molecule has 0 saturated carbocycles. The number of nitrogens with one attached hydrogen (secondary N) is 1. The Bertz CT molecular complexity index is 822. The Morgan fingerprint density at radius 2 is 1.86 bits per heavy atom. The van der Waals surface area contributed by atoms with E-state index in [0.717, 1.165) is 0 Å². The van der Waals surface area contributed by atoms with Crippen LogP contribution in [0.1, 0.15) is 20.7 Å². The average Bonchev–Trinajstić information content (AvgIpc) is 2.92. The SMILES string of the molecule is O=C(O)c1ccc(NC(=O)c2cnn3ccccc23)cc1. The van der Waals surface area contributed by atoms with Crippen LogP contribution in [-0.4, -0.2) is 26.6 Å². The molecule has 0 unspecified atom stereocenters. The van der Waals surface area contributed by atoms with Crippen LogP contribution < -0.4 is 5.32 Å². The maximum absolute atomic E-state index is 12.2. The van der Waals surface area contributed by atoms with Crippen LogP contribution in [0.2, 0.25) is 0 Å². The highest BCUT2D eigenvalue weighted by molar-refractivity contribution is 6.08. The molecule has 6 nitrogen and oxygen atoms in total. The van der Waals surface area contributed by atoms with E-state index in [-0.39, 0.29) is 11.5 Å². The van der Waals surface area contributed by atoms with Crippen LogP contribution in [0.4, 0.5) is 5.69 Å². The molecule has 0 bridgehead atoms. The minimum Gasteiger partial charge on any atom is -0.478 e. The number of carboxylic acids is 1. The van der Waals surface area contributed by atoms with Crippen molar-refractivity contribution in [2.75, 3.05) is 5.32 Å². The predicted octanol–water partition coefficient (Wildman–Crippen LogP) is 2.28. The smallest absolute Gasteiger partial charge is 0.335 e. The number of nitrogens with zero attached hydrogens (tertiary/aromatic N) is 2. The number of amides is 1. The quantitative estimate of drug-likeness (QED) is 0.771. The van der Waals surface area contributed by atoms with Crippen molar-refractivity contribution in [3.63, 3.8) is 0 Å². The number of hydrogen-bond acceptors (Lipinski definition) is 3. The van der Waals surface area contributed by atoms with E-state index in [4.69, 9.17) is 5.11 Å². The highest BCUT2D eigenvalue weighted by Crippen LogP contribution is 2.14. The Morgan fingerprint density at radius 1 is 1.10 bits per heavy atom. The van der Waals surface area contributed by atoms with E-state index >= 15 is 0 Å². The highest BCUT2D eigenvalue weighted by Gasteiger charge is 2.12. The first kappa shape index (κ1) is 12.9. The maximum Gasteiger partial charge on any atom is 0.335 e. The van der Waals surface area contributed by atoms with Crippen LogP contribution in [0.5, 0.6) is 0 Å². The first-order valence-corrected chi connectivity index (χ1v) is 6.22. The van der Waals surface area contributed by atoms with Gasteiger partial charge in [-0.15, -0.1) is 0 Å². The first-order valence-electron chi connectivity index (χ1n) is 6.22. The zero-order chi connectivity index (χ0) is 14.8. The Morgan fingerprint density at radius 3 is 2.57 bits per heavy atom. The van der Waals surface area contributed by atoms with Gasteiger partial charge < -0.3 is 10.4 Å². The number of anilines is 1. The number of carboxylic acid groups (broad SMARTS) is 1. The van der Waals surface area contributed by atoms with Crippen molar-refractivity contribution in [1.29, 1.82) is 0 Å². The molecule has 0 aliphatic carbocycles. The number of aromatic nitrogens is 2. The van der Waals surface area contributed by atoms with Gasteiger partial charge in [0.25, 0.3) is 5.91 Å². The predicted molar refractivity (Wildman–Crippen MR) is 76.5 cm³/mol. The Labute approximate surface area is 119 Å². The second-order valence-corrected chi connectivity index (χ2v) is 4.43. The van der Waals surface area contributed by atoms with Crippen molar-refractivity contribution < 1.29 is 14.7 Å². The normalized spacial score (nSPS) is 10.5. The summed E-state index contributed by atoms with van der Waals surface area (Å²) in [7, 11) is 0. The fourth-order valence-corrected chi connectivity index (χ4v) is 2.00. The van der Waals surface area contributed by atoms with Gasteiger partial charge in [0.15, 0.2) is 0 Å². The summed E-state index contributed by atoms with van der Waals surface area (Å²) in [5.74, 6) is -1.30. The van der Waals surface area contributed by atoms with Gasteiger partial charge in [-0.1, -0.05) is 6.07 Å². The summed E-state index contributed by atoms with van der Waals surface area (Å²) in [6.07, 6.45) is 3.25. The largest absolute Gasteiger partial charge is 0.478 e. The van der Waals surface area contributed by atoms with Crippen molar-refractivity contribution in [1.82, 2.24) is 9.61 Å². The number of carbonyl (C=O) groups is 2. The van der Waals surface area contributed by atoms with Crippen LogP contribution in [-0.2, 0) is 0 Å². The number of benzene rings is 1. The van der Waals surface area contributed by atoms with Crippen molar-refractivity contribution >= 4 is 23.1 Å². The molecule has 6 heteroatoms. The van der Waals surface area contributed by atoms with Crippen molar-refractivity contribution in [3.8, 4) is 0 Å². The van der Waals surface area contributed by atoms with E-state index < -0.39 is 5.97 Å². The van der Waals surface area contributed by atoms with Gasteiger partial charge in [-0.25, -0.2) is 9.31 Å². The molecule has 3 rings (SSSR count). The molecule has 3 aromatic rings. The molecule has 0 saturated heterocycles. The van der Waals surface area contributed by atoms with E-state index in [0.29, 0.717) is 16.8 Å². The van der Waals surface area contributed by atoms with Gasteiger partial charge in [-0.05, 0) is 36.4 Å². The van der Waals surface area contributed by atoms with Gasteiger partial charge >= 0.3 is 5.97 Å². The van der Waals surface area contributed by atoms with E-state index in [1.807, 2.05) is 12.1 Å². The molecule has 2 heterocycles. The molecule has 2 N–H and O–H groups in total. The lowest BCUT2D eigenvalue weighted by molar-refractivity contribution is 0.0696. The van der Waals surface area contributed by atoms with Gasteiger partial charge in [0.05, 0.1) is 22.8 Å². The average molecular weight is 281 g/mol. The van der Waals surface area contributed by atoms with E-state index in [2.05, 4.69) is 10.4 Å². The molecule has 2 aromatic heterocycles. The van der Waals surface area contributed by atoms with E-state index in [9.17, 15) is 9.59 Å². The van der Waals surface area contributed by atoms with Crippen LogP contribution in [0.25, 0.3) is 5.52 Å². The fraction of sp³-hybridized carbons (Fsp3) is 0. The van der Waals surface area contributed by atoms with Gasteiger partial charge in [-0.2, -0.15) is 5.10 Å². The summed E-state index contributed by atoms with van der Waals surface area (Å²) in [5, 5.41) is 15.6. The lowest BCUT2D eigenvalue weighted by atomic mass is 10.2. The molecule has 0 atom stereocenters. The third kappa shape index (κ3) is 2.46. The zero-order valence-electron chi connectivity index (χ0n) is 10.9. The van der Waals surface area contributed by atoms with Gasteiger partial charge in [0.1, 0.15) is 0 Å². The molecule has 1 amide bonds. The Kier molecular flexibility index (Phi) is 3.12. The van der Waals surface area contributed by atoms with Gasteiger partial charge in [0.2, 0.25) is 0 Å². The fourth-order valence-electron chi connectivity index (χ4n) is 2.00. The minimum atomic E-state index is -1.00. The summed E-state index contributed by atoms with van der Waals surface area (Å²) >= 11 is 0. The summed E-state index contributed by atoms with van der Waals surface area (Å²) in [4.78, 5) is 23.0. The lowest BCUT2D eigenvalue weighted by Gasteiger charge is -2.04. The monoisotopic (exact) mass is 281 g/mol. The topological polar surface area (TPSA) is 83.7 Å². The van der Waals surface area contributed by atoms with Crippen LogP contribution >= 0.6 is 0 Å². The third-order valence-corrected chi connectivity index (χ3v) is 3.06. The second kappa shape index (κ2) is 5.09. The summed E-state index contributed by atoms with van der Waals surface area (Å²) in [6, 6.07) is 11.4. The molecule has 0 aliphatic rings. The molecule has 1 aromatic carbocycles. The zero-order valence-corrected chi connectivity index (χ0v) is 10.9. The molecule has 0 radical (unpaired) electrons. The first-order chi connectivity index (χ1) is 10.1. The van der Waals surface area contributed by atoms with E-state index in [1.165, 1.54) is 18.3 Å². The minimum absolute atomic E-state index is 0.170. The number of aromatic carboxylic acids is 1. The number of hydrogen-bond donors (Lipinski definition) is 2. The van der Waals surface area contributed by atoms with Crippen molar-refractivity contribution in [3.05, 3.63) is 66.0 Å². The number of rotatable bonds is 3. The molecule has 21 heavy (non-hydrogen) atoms. The number of pyridine rings is 1. The number of fused-ring (bicyclic) bond motifs is 1. The molecule has 0 fully saturated rings. The Hall–Kier alpha value is -3.15. The summed E-state index contributed by atoms with van der Waals surface area (Å²) in [5.41, 5.74) is 1.86. The van der Waals surface area contributed by atoms with Crippen LogP contribution in [0, 0.1) is 0 Å². The summed E-state index contributed by atoms with van der Waals surface area (Å²) < 4.78 is 1.61. The highest BCUT2D eigenvalue weighted by atomic mass is 16.4. The van der Waals surface area contributed by atoms with E-state index in [1.54, 1.807) is 28.9 Å². The molecule has 104 valence electrons. The van der Waals surface area contributed by atoms with Crippen LogP contribution in [0.3, 0.4) is 0 Å².